The first-order chi connectivity index (χ1) is 15.8. The minimum absolute atomic E-state index is 0.0966. The van der Waals surface area contributed by atoms with Gasteiger partial charge in [-0.25, -0.2) is 4.98 Å². The van der Waals surface area contributed by atoms with E-state index in [1.807, 2.05) is 0 Å². The number of carbonyl (C=O) groups excluding carboxylic acids is 3. The maximum absolute atomic E-state index is 13.0. The fourth-order valence-corrected chi connectivity index (χ4v) is 3.06. The van der Waals surface area contributed by atoms with Crippen molar-refractivity contribution in [1.82, 2.24) is 25.9 Å². The second kappa shape index (κ2) is 15.7. The van der Waals surface area contributed by atoms with Gasteiger partial charge < -0.3 is 43.2 Å². The number of aromatic amines is 1. The number of amides is 3. The Morgan fingerprint density at radius 3 is 2.15 bits per heavy atom. The van der Waals surface area contributed by atoms with Gasteiger partial charge in [0.25, 0.3) is 0 Å². The molecule has 0 aliphatic heterocycles. The summed E-state index contributed by atoms with van der Waals surface area (Å²) < 4.78 is 0. The SMILES string of the molecule is NCCCCC(N)C(=O)NC(Cc1cnc[nH]1)C(=O)NC(CCCCN)C(=O)NCC(=O)O. The smallest absolute Gasteiger partial charge is 0.322 e. The van der Waals surface area contributed by atoms with Crippen LogP contribution in [-0.4, -0.2) is 76.5 Å². The van der Waals surface area contributed by atoms with Crippen molar-refractivity contribution in [3.63, 3.8) is 0 Å². The largest absolute Gasteiger partial charge is 0.480 e. The molecule has 0 saturated carbocycles. The third-order valence-corrected chi connectivity index (χ3v) is 4.91. The normalized spacial score (nSPS) is 13.5. The van der Waals surface area contributed by atoms with Gasteiger partial charge in [0.05, 0.1) is 12.4 Å². The average molecular weight is 469 g/mol. The molecule has 1 heterocycles. The number of carbonyl (C=O) groups is 4. The number of nitrogens with one attached hydrogen (secondary N) is 4. The molecule has 0 fully saturated rings. The second-order valence-corrected chi connectivity index (χ2v) is 7.69. The number of aromatic nitrogens is 2. The first kappa shape index (κ1) is 28.0. The molecule has 0 aromatic carbocycles. The molecular formula is C20H36N8O5. The molecule has 3 atom stereocenters. The molecule has 0 bridgehead atoms. The van der Waals surface area contributed by atoms with E-state index in [-0.39, 0.29) is 12.8 Å². The fourth-order valence-electron chi connectivity index (χ4n) is 3.06. The lowest BCUT2D eigenvalue weighted by Gasteiger charge is -2.24. The van der Waals surface area contributed by atoms with Crippen molar-refractivity contribution in [3.05, 3.63) is 18.2 Å². The lowest BCUT2D eigenvalue weighted by molar-refractivity contribution is -0.138. The summed E-state index contributed by atoms with van der Waals surface area (Å²) in [6.45, 7) is 0.334. The second-order valence-electron chi connectivity index (χ2n) is 7.69. The van der Waals surface area contributed by atoms with E-state index >= 15 is 0 Å². The number of nitrogens with two attached hydrogens (primary N) is 3. The minimum atomic E-state index is -1.21. The summed E-state index contributed by atoms with van der Waals surface area (Å²) in [6, 6.07) is -2.82. The molecule has 13 nitrogen and oxygen atoms in total. The molecule has 0 radical (unpaired) electrons. The lowest BCUT2D eigenvalue weighted by Crippen LogP contribution is -2.56. The van der Waals surface area contributed by atoms with E-state index in [9.17, 15) is 19.2 Å². The predicted octanol–water partition coefficient (Wildman–Crippen LogP) is -2.29. The van der Waals surface area contributed by atoms with Gasteiger partial charge in [-0.2, -0.15) is 0 Å². The number of H-pyrrole nitrogens is 1. The molecule has 33 heavy (non-hydrogen) atoms. The summed E-state index contributed by atoms with van der Waals surface area (Å²) in [5.41, 5.74) is 17.5. The van der Waals surface area contributed by atoms with E-state index in [0.29, 0.717) is 44.5 Å². The van der Waals surface area contributed by atoms with E-state index in [1.54, 1.807) is 0 Å². The Balaban J connectivity index is 2.89. The maximum atomic E-state index is 13.0. The van der Waals surface area contributed by atoms with Crippen molar-refractivity contribution in [2.45, 2.75) is 63.1 Å². The monoisotopic (exact) mass is 468 g/mol. The van der Waals surface area contributed by atoms with Gasteiger partial charge in [0.1, 0.15) is 18.6 Å². The molecular weight excluding hydrogens is 432 g/mol. The highest BCUT2D eigenvalue weighted by Crippen LogP contribution is 2.06. The summed E-state index contributed by atoms with van der Waals surface area (Å²) in [4.78, 5) is 55.6. The Labute approximate surface area is 192 Å². The number of rotatable bonds is 17. The third kappa shape index (κ3) is 11.4. The van der Waals surface area contributed by atoms with Gasteiger partial charge in [-0.1, -0.05) is 6.42 Å². The predicted molar refractivity (Wildman–Crippen MR) is 121 cm³/mol. The van der Waals surface area contributed by atoms with Gasteiger partial charge in [-0.3, -0.25) is 19.2 Å². The molecule has 0 aliphatic rings. The van der Waals surface area contributed by atoms with Crippen LogP contribution in [0.15, 0.2) is 12.5 Å². The highest BCUT2D eigenvalue weighted by molar-refractivity contribution is 5.93. The van der Waals surface area contributed by atoms with Crippen LogP contribution in [0.4, 0.5) is 0 Å². The van der Waals surface area contributed by atoms with Crippen molar-refractivity contribution < 1.29 is 24.3 Å². The van der Waals surface area contributed by atoms with E-state index in [0.717, 1.165) is 6.42 Å². The maximum Gasteiger partial charge on any atom is 0.322 e. The summed E-state index contributed by atoms with van der Waals surface area (Å²) in [6.07, 6.45) is 6.32. The average Bonchev–Trinajstić information content (AvgIpc) is 3.29. The molecule has 3 unspecified atom stereocenters. The van der Waals surface area contributed by atoms with Crippen LogP contribution in [0.3, 0.4) is 0 Å². The summed E-state index contributed by atoms with van der Waals surface area (Å²) in [5, 5.41) is 16.3. The summed E-state index contributed by atoms with van der Waals surface area (Å²) in [7, 11) is 0. The van der Waals surface area contributed by atoms with Crippen LogP contribution in [-0.2, 0) is 25.6 Å². The zero-order valence-corrected chi connectivity index (χ0v) is 18.7. The zero-order chi connectivity index (χ0) is 24.6. The van der Waals surface area contributed by atoms with Crippen molar-refractivity contribution in [1.29, 1.82) is 0 Å². The van der Waals surface area contributed by atoms with Crippen molar-refractivity contribution in [2.24, 2.45) is 17.2 Å². The first-order valence-electron chi connectivity index (χ1n) is 11.0. The Morgan fingerprint density at radius 2 is 1.58 bits per heavy atom. The van der Waals surface area contributed by atoms with E-state index in [2.05, 4.69) is 25.9 Å². The standard InChI is InChI=1S/C20H36N8O5/c21-7-3-1-5-14(23)18(31)28-16(9-13-10-24-12-26-13)20(33)27-15(6-2-4-8-22)19(32)25-11-17(29)30/h10,12,14-16H,1-9,11,21-23H2,(H,24,26)(H,25,32)(H,27,33)(H,28,31)(H,29,30). The molecule has 1 rings (SSSR count). The Kier molecular flexibility index (Phi) is 13.3. The molecule has 11 N–H and O–H groups in total. The topological polar surface area (TPSA) is 231 Å². The number of hydrogen-bond donors (Lipinski definition) is 8. The third-order valence-electron chi connectivity index (χ3n) is 4.91. The van der Waals surface area contributed by atoms with Crippen LogP contribution in [0.1, 0.15) is 44.2 Å². The van der Waals surface area contributed by atoms with Gasteiger partial charge in [-0.05, 0) is 45.2 Å². The van der Waals surface area contributed by atoms with Crippen molar-refractivity contribution in [2.75, 3.05) is 19.6 Å². The first-order valence-corrected chi connectivity index (χ1v) is 11.0. The number of unbranched alkanes of at least 4 members (excludes halogenated alkanes) is 2. The molecule has 0 aliphatic carbocycles. The lowest BCUT2D eigenvalue weighted by atomic mass is 10.1. The number of aliphatic carboxylic acids is 1. The highest BCUT2D eigenvalue weighted by Gasteiger charge is 2.28. The molecule has 3 amide bonds. The highest BCUT2D eigenvalue weighted by atomic mass is 16.4. The molecule has 186 valence electrons. The van der Waals surface area contributed by atoms with Gasteiger partial charge in [-0.15, -0.1) is 0 Å². The van der Waals surface area contributed by atoms with Crippen molar-refractivity contribution in [3.8, 4) is 0 Å². The molecule has 1 aromatic heterocycles. The minimum Gasteiger partial charge on any atom is -0.480 e. The van der Waals surface area contributed by atoms with Crippen LogP contribution in [0, 0.1) is 0 Å². The number of imidazole rings is 1. The molecule has 0 spiro atoms. The van der Waals surface area contributed by atoms with Crippen LogP contribution >= 0.6 is 0 Å². The van der Waals surface area contributed by atoms with Gasteiger partial charge in [0, 0.05) is 18.3 Å². The molecule has 1 aromatic rings. The van der Waals surface area contributed by atoms with Gasteiger partial charge >= 0.3 is 5.97 Å². The van der Waals surface area contributed by atoms with Crippen molar-refractivity contribution >= 4 is 23.7 Å². The number of nitrogens with zero attached hydrogens (tertiary/aromatic N) is 1. The van der Waals surface area contributed by atoms with Crippen LogP contribution in [0.25, 0.3) is 0 Å². The Hall–Kier alpha value is -3.03. The van der Waals surface area contributed by atoms with Gasteiger partial charge in [0.2, 0.25) is 17.7 Å². The molecule has 13 heteroatoms. The summed E-state index contributed by atoms with van der Waals surface area (Å²) >= 11 is 0. The van der Waals surface area contributed by atoms with Crippen LogP contribution in [0.2, 0.25) is 0 Å². The quantitative estimate of drug-likeness (QED) is 0.115. The summed E-state index contributed by atoms with van der Waals surface area (Å²) in [5.74, 6) is -2.94. The Morgan fingerprint density at radius 1 is 0.939 bits per heavy atom. The van der Waals surface area contributed by atoms with E-state index in [4.69, 9.17) is 22.3 Å². The zero-order valence-electron chi connectivity index (χ0n) is 18.7. The van der Waals surface area contributed by atoms with Crippen LogP contribution < -0.4 is 33.2 Å². The Bertz CT molecular complexity index is 743. The van der Waals surface area contributed by atoms with Crippen LogP contribution in [0.5, 0.6) is 0 Å². The fraction of sp³-hybridized carbons (Fsp3) is 0.650. The number of carboxylic acids is 1. The number of hydrogen-bond acceptors (Lipinski definition) is 8. The van der Waals surface area contributed by atoms with E-state index in [1.165, 1.54) is 12.5 Å². The number of carboxylic acid groups (broad SMARTS) is 1. The molecule has 0 saturated heterocycles. The van der Waals surface area contributed by atoms with E-state index < -0.39 is 48.4 Å². The van der Waals surface area contributed by atoms with Gasteiger partial charge in [0.15, 0.2) is 0 Å².